The molecule has 0 radical (unpaired) electrons. The number of hydrogen-bond donors (Lipinski definition) is 1. The van der Waals surface area contributed by atoms with Crippen LogP contribution in [0.2, 0.25) is 0 Å². The van der Waals surface area contributed by atoms with Gasteiger partial charge in [-0.25, -0.2) is 10.5 Å². The number of hydrazone groups is 1. The van der Waals surface area contributed by atoms with E-state index in [-0.39, 0.29) is 0 Å². The molecule has 4 nitrogen and oxygen atoms in total. The number of aryl methyl sites for hydroxylation is 1. The van der Waals surface area contributed by atoms with Crippen LogP contribution in [0.5, 0.6) is 0 Å². The van der Waals surface area contributed by atoms with Gasteiger partial charge in [0.05, 0.1) is 6.21 Å². The normalized spacial score (nSPS) is 8.85. The lowest BCUT2D eigenvalue weighted by Gasteiger charge is -2.02. The Hall–Kier alpha value is -3.11. The Balaban J connectivity index is 0.000000829. The van der Waals surface area contributed by atoms with Crippen molar-refractivity contribution in [3.8, 4) is 24.3 Å². The number of nitriles is 2. The molecule has 4 heteroatoms. The summed E-state index contributed by atoms with van der Waals surface area (Å²) in [7, 11) is 0. The van der Waals surface area contributed by atoms with Gasteiger partial charge < -0.3 is 5.84 Å². The second-order valence-corrected chi connectivity index (χ2v) is 3.77. The van der Waals surface area contributed by atoms with E-state index in [0.717, 1.165) is 5.56 Å². The van der Waals surface area contributed by atoms with Crippen LogP contribution in [-0.4, -0.2) is 6.21 Å². The van der Waals surface area contributed by atoms with E-state index in [1.54, 1.807) is 6.21 Å². The van der Waals surface area contributed by atoms with Crippen molar-refractivity contribution in [1.29, 1.82) is 10.5 Å². The van der Waals surface area contributed by atoms with Crippen molar-refractivity contribution < 1.29 is 0 Å². The number of nitrogens with two attached hydrogens (primary N) is 1. The molecule has 2 rings (SSSR count). The van der Waals surface area contributed by atoms with Crippen LogP contribution in [0, 0.1) is 30.6 Å². The Labute approximate surface area is 119 Å². The summed E-state index contributed by atoms with van der Waals surface area (Å²) in [5.74, 6) is 5.10. The third-order valence-corrected chi connectivity index (χ3v) is 2.52. The molecule has 100 valence electrons. The van der Waals surface area contributed by atoms with Gasteiger partial charge in [-0.1, -0.05) is 54.1 Å². The number of nitrogens with zero attached hydrogens (tertiary/aromatic N) is 3. The summed E-state index contributed by atoms with van der Waals surface area (Å²) in [6.45, 7) is 9.09. The molecule has 0 aliphatic carbocycles. The van der Waals surface area contributed by atoms with Crippen molar-refractivity contribution in [3.63, 3.8) is 0 Å². The predicted molar refractivity (Wildman–Crippen MR) is 81.7 cm³/mol. The zero-order valence-corrected chi connectivity index (χ0v) is 11.3. The van der Waals surface area contributed by atoms with Crippen molar-refractivity contribution in [3.05, 3.63) is 59.7 Å². The van der Waals surface area contributed by atoms with E-state index in [4.69, 9.17) is 16.4 Å². The third kappa shape index (κ3) is 5.03. The summed E-state index contributed by atoms with van der Waals surface area (Å²) in [6.07, 6.45) is 1.64. The Morgan fingerprint density at radius 1 is 0.850 bits per heavy atom. The highest BCUT2D eigenvalue weighted by atomic mass is 15.1. The smallest absolute Gasteiger partial charge is 0.0538 e. The van der Waals surface area contributed by atoms with Gasteiger partial charge in [0.25, 0.3) is 0 Å². The minimum atomic E-state index is 1.01. The largest absolute Gasteiger partial charge is 0.323 e. The molecule has 20 heavy (non-hydrogen) atoms. The van der Waals surface area contributed by atoms with Gasteiger partial charge in [0.15, 0.2) is 0 Å². The highest BCUT2D eigenvalue weighted by molar-refractivity contribution is 5.80. The second-order valence-electron chi connectivity index (χ2n) is 3.77. The first-order valence-corrected chi connectivity index (χ1v) is 5.71. The van der Waals surface area contributed by atoms with Gasteiger partial charge in [0, 0.05) is 13.1 Å². The lowest BCUT2D eigenvalue weighted by Crippen LogP contribution is -1.86. The lowest BCUT2D eigenvalue weighted by molar-refractivity contribution is 1.26. The first-order valence-electron chi connectivity index (χ1n) is 5.71. The summed E-state index contributed by atoms with van der Waals surface area (Å²) in [5, 5.41) is 16.5. The van der Waals surface area contributed by atoms with Crippen molar-refractivity contribution >= 4 is 6.21 Å². The molecule has 0 aromatic heterocycles. The standard InChI is InChI=1S/C14H14N2.2CHN/c1-11-2-6-13(7-3-11)14-8-4-12(5-9-14)10-16-15;2*1-2/h2-10H,15H2,1H3;2*1H. The molecule has 0 fully saturated rings. The number of hydrogen-bond acceptors (Lipinski definition) is 4. The Bertz CT molecular complexity index is 557. The van der Waals surface area contributed by atoms with Crippen LogP contribution in [0.4, 0.5) is 0 Å². The van der Waals surface area contributed by atoms with Gasteiger partial charge in [-0.15, -0.1) is 0 Å². The van der Waals surface area contributed by atoms with Gasteiger partial charge in [0.2, 0.25) is 0 Å². The maximum absolute atomic E-state index is 6.50. The van der Waals surface area contributed by atoms with Crippen LogP contribution in [-0.2, 0) is 0 Å². The molecular weight excluding hydrogens is 248 g/mol. The Morgan fingerprint density at radius 3 is 1.65 bits per heavy atom. The lowest BCUT2D eigenvalue weighted by atomic mass is 10.0. The van der Waals surface area contributed by atoms with Crippen LogP contribution in [0.1, 0.15) is 11.1 Å². The number of rotatable bonds is 2. The molecule has 0 spiro atoms. The van der Waals surface area contributed by atoms with E-state index in [0.29, 0.717) is 0 Å². The molecule has 2 aromatic rings. The van der Waals surface area contributed by atoms with Crippen molar-refractivity contribution in [1.82, 2.24) is 0 Å². The molecule has 2 N–H and O–H groups in total. The second kappa shape index (κ2) is 9.87. The molecule has 0 aliphatic rings. The SMILES string of the molecule is C#N.C#N.Cc1ccc(-c2ccc(C=NN)cc2)cc1. The average molecular weight is 264 g/mol. The zero-order valence-electron chi connectivity index (χ0n) is 11.3. The van der Waals surface area contributed by atoms with Gasteiger partial charge >= 0.3 is 0 Å². The van der Waals surface area contributed by atoms with E-state index in [9.17, 15) is 0 Å². The first-order chi connectivity index (χ1) is 9.79. The maximum atomic E-state index is 6.50. The van der Waals surface area contributed by atoms with E-state index in [1.807, 2.05) is 12.1 Å². The molecule has 2 aromatic carbocycles. The fraction of sp³-hybridized carbons (Fsp3) is 0.0625. The van der Waals surface area contributed by atoms with Crippen molar-refractivity contribution in [2.45, 2.75) is 6.92 Å². The van der Waals surface area contributed by atoms with Crippen LogP contribution in [0.3, 0.4) is 0 Å². The fourth-order valence-electron chi connectivity index (χ4n) is 1.59. The molecule has 0 amide bonds. The number of benzene rings is 2. The maximum Gasteiger partial charge on any atom is 0.0538 e. The summed E-state index contributed by atoms with van der Waals surface area (Å²) < 4.78 is 0. The topological polar surface area (TPSA) is 86.0 Å². The molecule has 0 saturated heterocycles. The Morgan fingerprint density at radius 2 is 1.25 bits per heavy atom. The molecular formula is C16H16N4. The quantitative estimate of drug-likeness (QED) is 0.513. The van der Waals surface area contributed by atoms with Crippen LogP contribution >= 0.6 is 0 Å². The summed E-state index contributed by atoms with van der Waals surface area (Å²) in [6, 6.07) is 16.6. The Kier molecular flexibility index (Phi) is 8.34. The van der Waals surface area contributed by atoms with Crippen LogP contribution in [0.25, 0.3) is 11.1 Å². The molecule has 0 heterocycles. The zero-order chi connectivity index (χ0) is 15.4. The van der Waals surface area contributed by atoms with Crippen LogP contribution < -0.4 is 5.84 Å². The molecule has 0 aliphatic heterocycles. The molecule has 0 bridgehead atoms. The van der Waals surface area contributed by atoms with Crippen LogP contribution in [0.15, 0.2) is 53.6 Å². The van der Waals surface area contributed by atoms with Crippen molar-refractivity contribution in [2.24, 2.45) is 10.9 Å². The molecule has 0 unspecified atom stereocenters. The van der Waals surface area contributed by atoms with Gasteiger partial charge in [-0.3, -0.25) is 0 Å². The molecule has 0 atom stereocenters. The highest BCUT2D eigenvalue weighted by Gasteiger charge is 1.96. The van der Waals surface area contributed by atoms with E-state index >= 15 is 0 Å². The summed E-state index contributed by atoms with van der Waals surface area (Å²) in [5.41, 5.74) is 4.71. The van der Waals surface area contributed by atoms with Crippen molar-refractivity contribution in [2.75, 3.05) is 0 Å². The van der Waals surface area contributed by atoms with E-state index < -0.39 is 0 Å². The van der Waals surface area contributed by atoms with E-state index in [2.05, 4.69) is 61.6 Å². The minimum Gasteiger partial charge on any atom is -0.323 e. The van der Waals surface area contributed by atoms with E-state index in [1.165, 1.54) is 16.7 Å². The average Bonchev–Trinajstić information content (AvgIpc) is 2.53. The summed E-state index contributed by atoms with van der Waals surface area (Å²) >= 11 is 0. The fourth-order valence-corrected chi connectivity index (χ4v) is 1.59. The summed E-state index contributed by atoms with van der Waals surface area (Å²) in [4.78, 5) is 0. The monoisotopic (exact) mass is 264 g/mol. The third-order valence-electron chi connectivity index (χ3n) is 2.52. The minimum absolute atomic E-state index is 1.01. The predicted octanol–water partition coefficient (Wildman–Crippen LogP) is 3.23. The first kappa shape index (κ1) is 16.9. The molecule has 0 saturated carbocycles. The highest BCUT2D eigenvalue weighted by Crippen LogP contribution is 2.19. The van der Waals surface area contributed by atoms with Gasteiger partial charge in [0.1, 0.15) is 0 Å². The van der Waals surface area contributed by atoms with Gasteiger partial charge in [-0.2, -0.15) is 5.10 Å². The van der Waals surface area contributed by atoms with Gasteiger partial charge in [-0.05, 0) is 23.6 Å².